The molecule has 0 amide bonds. The third kappa shape index (κ3) is 7.44. The second kappa shape index (κ2) is 7.44. The Kier molecular flexibility index (Phi) is 6.98. The minimum atomic E-state index is 0.153. The van der Waals surface area contributed by atoms with Crippen molar-refractivity contribution in [2.24, 2.45) is 0 Å². The molecule has 0 saturated carbocycles. The Labute approximate surface area is 56.7 Å². The van der Waals surface area contributed by atoms with Crippen molar-refractivity contribution in [3.05, 3.63) is 24.3 Å². The van der Waals surface area contributed by atoms with Crippen molar-refractivity contribution >= 4 is 0 Å². The van der Waals surface area contributed by atoms with Gasteiger partial charge in [-0.1, -0.05) is 31.2 Å². The summed E-state index contributed by atoms with van der Waals surface area (Å²) in [7, 11) is 0. The van der Waals surface area contributed by atoms with Crippen LogP contribution in [0.25, 0.3) is 0 Å². The van der Waals surface area contributed by atoms with Gasteiger partial charge in [-0.3, -0.25) is 0 Å². The van der Waals surface area contributed by atoms with E-state index in [4.69, 9.17) is 5.11 Å². The predicted molar refractivity (Wildman–Crippen MR) is 40.3 cm³/mol. The molecule has 0 aliphatic rings. The van der Waals surface area contributed by atoms with Crippen LogP contribution in [-0.2, 0) is 0 Å². The number of hydrogen-bond acceptors (Lipinski definition) is 1. The zero-order valence-corrected chi connectivity index (χ0v) is 5.88. The minimum Gasteiger partial charge on any atom is -0.392 e. The summed E-state index contributed by atoms with van der Waals surface area (Å²) in [5.41, 5.74) is 0. The van der Waals surface area contributed by atoms with E-state index in [0.717, 1.165) is 12.8 Å². The first kappa shape index (κ1) is 8.44. The molecule has 9 heavy (non-hydrogen) atoms. The van der Waals surface area contributed by atoms with Gasteiger partial charge in [0.25, 0.3) is 0 Å². The summed E-state index contributed by atoms with van der Waals surface area (Å²) >= 11 is 0. The van der Waals surface area contributed by atoms with Crippen LogP contribution in [0.5, 0.6) is 0 Å². The molecule has 0 bridgehead atoms. The number of hydrogen-bond donors (Lipinski definition) is 1. The van der Waals surface area contributed by atoms with Crippen molar-refractivity contribution in [3.8, 4) is 0 Å². The Morgan fingerprint density at radius 2 is 1.78 bits per heavy atom. The molecule has 0 radical (unpaired) electrons. The maximum Gasteiger partial charge on any atom is 0.0612 e. The summed E-state index contributed by atoms with van der Waals surface area (Å²) in [4.78, 5) is 0. The smallest absolute Gasteiger partial charge is 0.0612 e. The molecule has 0 saturated heterocycles. The number of aliphatic hydroxyl groups is 1. The van der Waals surface area contributed by atoms with E-state index < -0.39 is 0 Å². The van der Waals surface area contributed by atoms with Crippen molar-refractivity contribution < 1.29 is 5.11 Å². The van der Waals surface area contributed by atoms with E-state index in [2.05, 4.69) is 19.1 Å². The third-order valence-electron chi connectivity index (χ3n) is 0.947. The maximum atomic E-state index is 8.31. The van der Waals surface area contributed by atoms with Gasteiger partial charge in [0.2, 0.25) is 0 Å². The average molecular weight is 126 g/mol. The van der Waals surface area contributed by atoms with Gasteiger partial charge >= 0.3 is 0 Å². The zero-order valence-electron chi connectivity index (χ0n) is 5.88. The molecule has 0 aliphatic heterocycles. The Morgan fingerprint density at radius 1 is 1.11 bits per heavy atom. The highest BCUT2D eigenvalue weighted by molar-refractivity contribution is 4.91. The van der Waals surface area contributed by atoms with E-state index in [-0.39, 0.29) is 6.61 Å². The summed E-state index contributed by atoms with van der Waals surface area (Å²) in [6.45, 7) is 2.26. The molecule has 0 spiro atoms. The van der Waals surface area contributed by atoms with Crippen molar-refractivity contribution in [1.29, 1.82) is 0 Å². The van der Waals surface area contributed by atoms with Gasteiger partial charge in [0.15, 0.2) is 0 Å². The largest absolute Gasteiger partial charge is 0.392 e. The molecule has 0 atom stereocenters. The molecule has 52 valence electrons. The highest BCUT2D eigenvalue weighted by Crippen LogP contribution is 1.86. The molecule has 0 fully saturated rings. The summed E-state index contributed by atoms with van der Waals surface area (Å²) in [6, 6.07) is 0. The van der Waals surface area contributed by atoms with Crippen molar-refractivity contribution in [2.75, 3.05) is 6.61 Å². The first-order chi connectivity index (χ1) is 4.41. The van der Waals surface area contributed by atoms with Crippen LogP contribution in [0, 0.1) is 0 Å². The predicted octanol–water partition coefficient (Wildman–Crippen LogP) is 1.89. The maximum absolute atomic E-state index is 8.31. The highest BCUT2D eigenvalue weighted by atomic mass is 16.2. The van der Waals surface area contributed by atoms with Crippen molar-refractivity contribution in [3.63, 3.8) is 0 Å². The van der Waals surface area contributed by atoms with E-state index >= 15 is 0 Å². The molecule has 0 unspecified atom stereocenters. The molecule has 1 N–H and O–H groups in total. The molecule has 0 aromatic carbocycles. The second-order valence-corrected chi connectivity index (χ2v) is 1.77. The van der Waals surface area contributed by atoms with Crippen LogP contribution in [0.1, 0.15) is 19.8 Å². The van der Waals surface area contributed by atoms with Gasteiger partial charge in [0.1, 0.15) is 0 Å². The summed E-state index contributed by atoms with van der Waals surface area (Å²) in [6.07, 6.45) is 9.93. The van der Waals surface area contributed by atoms with E-state index in [1.165, 1.54) is 0 Å². The number of aliphatic hydroxyl groups excluding tert-OH is 1. The van der Waals surface area contributed by atoms with Gasteiger partial charge in [-0.25, -0.2) is 0 Å². The quantitative estimate of drug-likeness (QED) is 0.570. The summed E-state index contributed by atoms with van der Waals surface area (Å²) in [5, 5.41) is 8.31. The van der Waals surface area contributed by atoms with Crippen LogP contribution in [0.3, 0.4) is 0 Å². The molecule has 0 aromatic heterocycles. The molecule has 0 heterocycles. The van der Waals surface area contributed by atoms with Gasteiger partial charge in [-0.2, -0.15) is 0 Å². The molecular formula is C8H14O. The minimum absolute atomic E-state index is 0.153. The topological polar surface area (TPSA) is 20.2 Å². The Hall–Kier alpha value is -0.560. The fraction of sp³-hybridized carbons (Fsp3) is 0.500. The van der Waals surface area contributed by atoms with Gasteiger partial charge in [0, 0.05) is 0 Å². The Bertz CT molecular complexity index is 80.7. The van der Waals surface area contributed by atoms with E-state index in [0.29, 0.717) is 0 Å². The lowest BCUT2D eigenvalue weighted by molar-refractivity contribution is 0.342. The van der Waals surface area contributed by atoms with Gasteiger partial charge in [-0.15, -0.1) is 0 Å². The molecule has 1 heteroatoms. The lowest BCUT2D eigenvalue weighted by Crippen LogP contribution is -1.69. The molecule has 1 nitrogen and oxygen atoms in total. The standard InChI is InChI=1S/C8H14O/c1-2-3-4-5-6-7-8-9/h3-4,6-7,9H,2,5,8H2,1H3/b4-3+,7-6+. The van der Waals surface area contributed by atoms with Gasteiger partial charge in [0.05, 0.1) is 6.61 Å². The lowest BCUT2D eigenvalue weighted by atomic mass is 10.3. The van der Waals surface area contributed by atoms with Crippen LogP contribution in [-0.4, -0.2) is 11.7 Å². The van der Waals surface area contributed by atoms with Crippen LogP contribution in [0.4, 0.5) is 0 Å². The van der Waals surface area contributed by atoms with Crippen LogP contribution >= 0.6 is 0 Å². The first-order valence-corrected chi connectivity index (χ1v) is 3.32. The van der Waals surface area contributed by atoms with Crippen LogP contribution < -0.4 is 0 Å². The average Bonchev–Trinajstić information content (AvgIpc) is 1.89. The summed E-state index contributed by atoms with van der Waals surface area (Å²) in [5.74, 6) is 0. The molecule has 0 rings (SSSR count). The highest BCUT2D eigenvalue weighted by Gasteiger charge is 1.68. The zero-order chi connectivity index (χ0) is 6.95. The second-order valence-electron chi connectivity index (χ2n) is 1.77. The number of allylic oxidation sites excluding steroid dienone is 3. The Morgan fingerprint density at radius 3 is 2.33 bits per heavy atom. The van der Waals surface area contributed by atoms with Crippen molar-refractivity contribution in [1.82, 2.24) is 0 Å². The van der Waals surface area contributed by atoms with E-state index in [1.54, 1.807) is 6.08 Å². The number of rotatable bonds is 4. The Balaban J connectivity index is 3.08. The molecule has 0 aliphatic carbocycles. The van der Waals surface area contributed by atoms with E-state index in [1.807, 2.05) is 6.08 Å². The third-order valence-corrected chi connectivity index (χ3v) is 0.947. The molecular weight excluding hydrogens is 112 g/mol. The lowest BCUT2D eigenvalue weighted by Gasteiger charge is -1.79. The van der Waals surface area contributed by atoms with Crippen LogP contribution in [0.15, 0.2) is 24.3 Å². The summed E-state index contributed by atoms with van der Waals surface area (Å²) < 4.78 is 0. The fourth-order valence-electron chi connectivity index (χ4n) is 0.512. The van der Waals surface area contributed by atoms with Crippen molar-refractivity contribution in [2.45, 2.75) is 19.8 Å². The molecule has 0 aromatic rings. The fourth-order valence-corrected chi connectivity index (χ4v) is 0.512. The first-order valence-electron chi connectivity index (χ1n) is 3.32. The van der Waals surface area contributed by atoms with Gasteiger partial charge < -0.3 is 5.11 Å². The monoisotopic (exact) mass is 126 g/mol. The SMILES string of the molecule is CC/C=C/C/C=C/CO. The van der Waals surface area contributed by atoms with E-state index in [9.17, 15) is 0 Å². The normalized spacial score (nSPS) is 11.8. The van der Waals surface area contributed by atoms with Gasteiger partial charge in [-0.05, 0) is 12.8 Å². The van der Waals surface area contributed by atoms with Crippen LogP contribution in [0.2, 0.25) is 0 Å².